The molecule has 20 heavy (non-hydrogen) atoms. The molecule has 0 aromatic heterocycles. The number of aliphatic carboxylic acids is 1. The van der Waals surface area contributed by atoms with E-state index < -0.39 is 35.2 Å². The van der Waals surface area contributed by atoms with Crippen LogP contribution >= 0.6 is 0 Å². The van der Waals surface area contributed by atoms with Gasteiger partial charge in [0, 0.05) is 11.5 Å². The summed E-state index contributed by atoms with van der Waals surface area (Å²) in [7, 11) is 1.22. The van der Waals surface area contributed by atoms with E-state index in [4.69, 9.17) is 9.47 Å². The Morgan fingerprint density at radius 1 is 1.45 bits per heavy atom. The van der Waals surface area contributed by atoms with Crippen LogP contribution in [0, 0.1) is 11.6 Å². The van der Waals surface area contributed by atoms with E-state index in [2.05, 4.69) is 0 Å². The minimum atomic E-state index is -1.13. The highest BCUT2D eigenvalue weighted by Crippen LogP contribution is 2.44. The Morgan fingerprint density at radius 2 is 2.10 bits per heavy atom. The van der Waals surface area contributed by atoms with Crippen LogP contribution in [0.3, 0.4) is 0 Å². The van der Waals surface area contributed by atoms with E-state index in [1.165, 1.54) is 13.2 Å². The van der Waals surface area contributed by atoms with Crippen LogP contribution in [0.5, 0.6) is 5.75 Å². The number of halogens is 2. The highest BCUT2D eigenvalue weighted by Gasteiger charge is 2.46. The van der Waals surface area contributed by atoms with E-state index in [9.17, 15) is 18.7 Å². The van der Waals surface area contributed by atoms with Crippen LogP contribution < -0.4 is 4.74 Å². The minimum Gasteiger partial charge on any atom is -0.493 e. The molecule has 1 aliphatic heterocycles. The second-order valence-corrected chi connectivity index (χ2v) is 5.43. The molecule has 4 nitrogen and oxygen atoms in total. The number of hydrogen-bond donors (Lipinski definition) is 1. The predicted octanol–water partition coefficient (Wildman–Crippen LogP) is 2.71. The molecule has 2 atom stereocenters. The van der Waals surface area contributed by atoms with Crippen molar-refractivity contribution in [1.82, 2.24) is 0 Å². The van der Waals surface area contributed by atoms with Crippen LogP contribution in [0.15, 0.2) is 12.1 Å². The van der Waals surface area contributed by atoms with Crippen molar-refractivity contribution in [2.75, 3.05) is 7.11 Å². The normalized spacial score (nSPS) is 24.6. The number of rotatable bonds is 3. The van der Waals surface area contributed by atoms with Crippen molar-refractivity contribution in [3.05, 3.63) is 29.3 Å². The zero-order valence-electron chi connectivity index (χ0n) is 11.4. The number of hydrogen-bond acceptors (Lipinski definition) is 3. The van der Waals surface area contributed by atoms with Gasteiger partial charge in [0.15, 0.2) is 17.7 Å². The van der Waals surface area contributed by atoms with Crippen LogP contribution in [0.1, 0.15) is 31.7 Å². The molecule has 1 aromatic carbocycles. The number of carbonyl (C=O) groups is 1. The third kappa shape index (κ3) is 2.47. The molecule has 1 fully saturated rings. The number of methoxy groups -OCH3 is 1. The number of carboxylic acids is 1. The second kappa shape index (κ2) is 5.01. The summed E-state index contributed by atoms with van der Waals surface area (Å²) in [5.41, 5.74) is -0.340. The number of benzene rings is 1. The fraction of sp³-hybridized carbons (Fsp3) is 0.500. The van der Waals surface area contributed by atoms with Crippen molar-refractivity contribution in [1.29, 1.82) is 0 Å². The second-order valence-electron chi connectivity index (χ2n) is 5.43. The van der Waals surface area contributed by atoms with Gasteiger partial charge in [-0.2, -0.15) is 4.39 Å². The van der Waals surface area contributed by atoms with E-state index in [0.717, 1.165) is 6.07 Å². The van der Waals surface area contributed by atoms with E-state index >= 15 is 0 Å². The molecule has 1 aliphatic rings. The van der Waals surface area contributed by atoms with Crippen molar-refractivity contribution in [3.8, 4) is 5.75 Å². The minimum absolute atomic E-state index is 0.262. The number of ether oxygens (including phenoxy) is 2. The molecule has 0 saturated carbocycles. The van der Waals surface area contributed by atoms with E-state index in [1.807, 2.05) is 0 Å². The molecule has 0 amide bonds. The maximum atomic E-state index is 13.7. The Kier molecular flexibility index (Phi) is 3.69. The van der Waals surface area contributed by atoms with Crippen LogP contribution in [-0.4, -0.2) is 29.9 Å². The Hall–Kier alpha value is -1.69. The van der Waals surface area contributed by atoms with Crippen LogP contribution in [0.2, 0.25) is 0 Å². The summed E-state index contributed by atoms with van der Waals surface area (Å²) >= 11 is 0. The van der Waals surface area contributed by atoms with Gasteiger partial charge in [-0.3, -0.25) is 0 Å². The largest absolute Gasteiger partial charge is 0.493 e. The fourth-order valence-corrected chi connectivity index (χ4v) is 2.65. The Balaban J connectivity index is 2.50. The van der Waals surface area contributed by atoms with Gasteiger partial charge >= 0.3 is 5.97 Å². The SMILES string of the molecule is COc1c(C2CC(C)(C)OC2C(=O)O)ccc(F)c1F. The van der Waals surface area contributed by atoms with E-state index in [1.54, 1.807) is 13.8 Å². The Labute approximate surface area is 115 Å². The van der Waals surface area contributed by atoms with Crippen molar-refractivity contribution < 1.29 is 28.2 Å². The van der Waals surface area contributed by atoms with E-state index in [-0.39, 0.29) is 5.75 Å². The molecule has 0 spiro atoms. The smallest absolute Gasteiger partial charge is 0.333 e. The van der Waals surface area contributed by atoms with Crippen molar-refractivity contribution in [3.63, 3.8) is 0 Å². The molecule has 1 heterocycles. The quantitative estimate of drug-likeness (QED) is 0.928. The standard InChI is InChI=1S/C14H16F2O4/c1-14(2)6-8(12(20-14)13(17)18)7-4-5-9(15)10(16)11(7)19-3/h4-5,8,12H,6H2,1-3H3,(H,17,18). The van der Waals surface area contributed by atoms with Crippen LogP contribution in [0.25, 0.3) is 0 Å². The lowest BCUT2D eigenvalue weighted by molar-refractivity contribution is -0.153. The molecule has 6 heteroatoms. The van der Waals surface area contributed by atoms with Crippen molar-refractivity contribution >= 4 is 5.97 Å². The first kappa shape index (κ1) is 14.7. The van der Waals surface area contributed by atoms with E-state index in [0.29, 0.717) is 12.0 Å². The van der Waals surface area contributed by atoms with Crippen molar-refractivity contribution in [2.45, 2.75) is 37.9 Å². The number of carboxylic acid groups (broad SMARTS) is 1. The molecule has 2 unspecified atom stereocenters. The summed E-state index contributed by atoms with van der Waals surface area (Å²) < 4.78 is 37.4. The van der Waals surface area contributed by atoms with Gasteiger partial charge in [-0.25, -0.2) is 9.18 Å². The van der Waals surface area contributed by atoms with Crippen LogP contribution in [-0.2, 0) is 9.53 Å². The van der Waals surface area contributed by atoms with Gasteiger partial charge in [0.2, 0.25) is 5.82 Å². The zero-order valence-corrected chi connectivity index (χ0v) is 11.4. The van der Waals surface area contributed by atoms with Gasteiger partial charge in [0.05, 0.1) is 12.7 Å². The lowest BCUT2D eigenvalue weighted by Crippen LogP contribution is -2.27. The Bertz CT molecular complexity index is 542. The summed E-state index contributed by atoms with van der Waals surface area (Å²) in [5, 5.41) is 9.23. The first-order valence-corrected chi connectivity index (χ1v) is 6.19. The van der Waals surface area contributed by atoms with Gasteiger partial charge in [0.1, 0.15) is 0 Å². The molecule has 1 N–H and O–H groups in total. The molecule has 0 bridgehead atoms. The molecule has 0 aliphatic carbocycles. The first-order chi connectivity index (χ1) is 9.26. The maximum Gasteiger partial charge on any atom is 0.333 e. The summed E-state index contributed by atoms with van der Waals surface area (Å²) in [6, 6.07) is 2.32. The summed E-state index contributed by atoms with van der Waals surface area (Å²) in [6.07, 6.45) is -0.727. The lowest BCUT2D eigenvalue weighted by atomic mass is 9.87. The average molecular weight is 286 g/mol. The average Bonchev–Trinajstić information content (AvgIpc) is 2.68. The summed E-state index contributed by atoms with van der Waals surface area (Å²) in [6.45, 7) is 3.52. The monoisotopic (exact) mass is 286 g/mol. The third-order valence-corrected chi connectivity index (χ3v) is 3.45. The summed E-state index contributed by atoms with van der Waals surface area (Å²) in [4.78, 5) is 11.3. The molecule has 1 aromatic rings. The molecule has 1 saturated heterocycles. The highest BCUT2D eigenvalue weighted by molar-refractivity contribution is 5.74. The van der Waals surface area contributed by atoms with Crippen molar-refractivity contribution in [2.24, 2.45) is 0 Å². The topological polar surface area (TPSA) is 55.8 Å². The maximum absolute atomic E-state index is 13.7. The van der Waals surface area contributed by atoms with Gasteiger partial charge in [-0.15, -0.1) is 0 Å². The highest BCUT2D eigenvalue weighted by atomic mass is 19.2. The fourth-order valence-electron chi connectivity index (χ4n) is 2.65. The Morgan fingerprint density at radius 3 is 2.65 bits per heavy atom. The summed E-state index contributed by atoms with van der Waals surface area (Å²) in [5.74, 6) is -4.13. The molecule has 0 radical (unpaired) electrons. The zero-order chi connectivity index (χ0) is 15.1. The molecule has 2 rings (SSSR count). The van der Waals surface area contributed by atoms with Gasteiger partial charge < -0.3 is 14.6 Å². The van der Waals surface area contributed by atoms with Gasteiger partial charge in [-0.05, 0) is 26.3 Å². The van der Waals surface area contributed by atoms with Gasteiger partial charge in [-0.1, -0.05) is 6.07 Å². The third-order valence-electron chi connectivity index (χ3n) is 3.45. The van der Waals surface area contributed by atoms with Crippen LogP contribution in [0.4, 0.5) is 8.78 Å². The molecular weight excluding hydrogens is 270 g/mol. The predicted molar refractivity (Wildman–Crippen MR) is 66.9 cm³/mol. The molecule has 110 valence electrons. The first-order valence-electron chi connectivity index (χ1n) is 6.19. The lowest BCUT2D eigenvalue weighted by Gasteiger charge is -2.18. The van der Waals surface area contributed by atoms with Gasteiger partial charge in [0.25, 0.3) is 0 Å². The molecular formula is C14H16F2O4.